The van der Waals surface area contributed by atoms with Crippen LogP contribution in [0.4, 0.5) is 0 Å². The molecule has 0 amide bonds. The van der Waals surface area contributed by atoms with Gasteiger partial charge in [0.25, 0.3) is 0 Å². The average molecular weight is 286 g/mol. The number of ketones is 1. The molecule has 1 aromatic rings. The molecular formula is C16H18N2O3. The largest absolute Gasteiger partial charge is 0.454 e. The van der Waals surface area contributed by atoms with Crippen molar-refractivity contribution in [1.29, 1.82) is 0 Å². The van der Waals surface area contributed by atoms with Crippen LogP contribution in [0.2, 0.25) is 0 Å². The van der Waals surface area contributed by atoms with Crippen LogP contribution in [0.1, 0.15) is 32.3 Å². The van der Waals surface area contributed by atoms with Crippen molar-refractivity contribution in [3.8, 4) is 11.5 Å². The van der Waals surface area contributed by atoms with Gasteiger partial charge in [-0.15, -0.1) is 0 Å². The molecule has 1 aliphatic carbocycles. The molecule has 1 N–H and O–H groups in total. The lowest BCUT2D eigenvalue weighted by Gasteiger charge is -2.36. The Morgan fingerprint density at radius 1 is 1.29 bits per heavy atom. The monoisotopic (exact) mass is 286 g/mol. The molecule has 1 aromatic carbocycles. The molecule has 21 heavy (non-hydrogen) atoms. The van der Waals surface area contributed by atoms with Crippen molar-refractivity contribution < 1.29 is 14.3 Å². The Morgan fingerprint density at radius 2 is 2.10 bits per heavy atom. The SMILES string of the molecule is CC1(C)CC(=O)[C@@H]2C(c3ccc4c(c3)OCO4)=NN[C@@H]2C1. The Bertz CT molecular complexity index is 651. The van der Waals surface area contributed by atoms with E-state index < -0.39 is 0 Å². The first-order chi connectivity index (χ1) is 10.0. The van der Waals surface area contributed by atoms with Gasteiger partial charge in [-0.2, -0.15) is 5.10 Å². The first-order valence-electron chi connectivity index (χ1n) is 7.29. The fourth-order valence-corrected chi connectivity index (χ4v) is 3.58. The number of hydrogen-bond donors (Lipinski definition) is 1. The van der Waals surface area contributed by atoms with Crippen LogP contribution < -0.4 is 14.9 Å². The molecule has 0 spiro atoms. The molecule has 2 atom stereocenters. The third-order valence-corrected chi connectivity index (χ3v) is 4.49. The van der Waals surface area contributed by atoms with Gasteiger partial charge < -0.3 is 14.9 Å². The summed E-state index contributed by atoms with van der Waals surface area (Å²) in [5.74, 6) is 1.61. The summed E-state index contributed by atoms with van der Waals surface area (Å²) in [7, 11) is 0. The second-order valence-electron chi connectivity index (χ2n) is 6.79. The maximum absolute atomic E-state index is 12.5. The minimum atomic E-state index is -0.140. The van der Waals surface area contributed by atoms with Crippen LogP contribution in [0, 0.1) is 11.3 Å². The van der Waals surface area contributed by atoms with E-state index in [1.807, 2.05) is 18.2 Å². The molecule has 1 fully saturated rings. The zero-order chi connectivity index (χ0) is 14.6. The molecule has 5 nitrogen and oxygen atoms in total. The van der Waals surface area contributed by atoms with Gasteiger partial charge in [0.1, 0.15) is 5.78 Å². The van der Waals surface area contributed by atoms with Crippen molar-refractivity contribution in [1.82, 2.24) is 5.43 Å². The summed E-state index contributed by atoms with van der Waals surface area (Å²) >= 11 is 0. The number of carbonyl (C=O) groups excluding carboxylic acids is 1. The van der Waals surface area contributed by atoms with E-state index in [1.165, 1.54) is 0 Å². The molecule has 3 aliphatic rings. The van der Waals surface area contributed by atoms with Gasteiger partial charge in [0.05, 0.1) is 17.7 Å². The van der Waals surface area contributed by atoms with Crippen LogP contribution in [0.15, 0.2) is 23.3 Å². The topological polar surface area (TPSA) is 59.9 Å². The predicted molar refractivity (Wildman–Crippen MR) is 77.5 cm³/mol. The molecule has 0 bridgehead atoms. The minimum absolute atomic E-state index is 0.0467. The Morgan fingerprint density at radius 3 is 2.95 bits per heavy atom. The molecule has 1 saturated carbocycles. The molecular weight excluding hydrogens is 268 g/mol. The number of benzene rings is 1. The van der Waals surface area contributed by atoms with Crippen LogP contribution >= 0.6 is 0 Å². The maximum atomic E-state index is 12.5. The lowest BCUT2D eigenvalue weighted by Crippen LogP contribution is -2.45. The molecule has 2 aliphatic heterocycles. The Balaban J connectivity index is 1.66. The van der Waals surface area contributed by atoms with Crippen LogP contribution in [-0.4, -0.2) is 24.3 Å². The summed E-state index contributed by atoms with van der Waals surface area (Å²) in [5, 5.41) is 4.44. The predicted octanol–water partition coefficient (Wildman–Crippen LogP) is 2.10. The fourth-order valence-electron chi connectivity index (χ4n) is 3.58. The molecule has 0 unspecified atom stereocenters. The number of fused-ring (bicyclic) bond motifs is 2. The van der Waals surface area contributed by atoms with Crippen molar-refractivity contribution in [2.45, 2.75) is 32.7 Å². The molecule has 2 heterocycles. The van der Waals surface area contributed by atoms with Crippen molar-refractivity contribution in [3.05, 3.63) is 23.8 Å². The summed E-state index contributed by atoms with van der Waals surface area (Å²) < 4.78 is 10.7. The van der Waals surface area contributed by atoms with Crippen molar-refractivity contribution in [3.63, 3.8) is 0 Å². The van der Waals surface area contributed by atoms with Crippen molar-refractivity contribution in [2.75, 3.05) is 6.79 Å². The zero-order valence-electron chi connectivity index (χ0n) is 12.2. The minimum Gasteiger partial charge on any atom is -0.454 e. The van der Waals surface area contributed by atoms with E-state index >= 15 is 0 Å². The summed E-state index contributed by atoms with van der Waals surface area (Å²) in [6.07, 6.45) is 1.57. The van der Waals surface area contributed by atoms with Crippen LogP contribution in [-0.2, 0) is 4.79 Å². The van der Waals surface area contributed by atoms with E-state index in [4.69, 9.17) is 9.47 Å². The number of hydrogen-bond acceptors (Lipinski definition) is 5. The number of hydrazone groups is 1. The Kier molecular flexibility index (Phi) is 2.55. The molecule has 0 aromatic heterocycles. The molecule has 0 radical (unpaired) electrons. The molecule has 5 heteroatoms. The Hall–Kier alpha value is -2.04. The highest BCUT2D eigenvalue weighted by molar-refractivity contribution is 6.15. The van der Waals surface area contributed by atoms with Gasteiger partial charge in [-0.05, 0) is 30.0 Å². The van der Waals surface area contributed by atoms with Gasteiger partial charge in [-0.3, -0.25) is 4.79 Å². The number of rotatable bonds is 1. The van der Waals surface area contributed by atoms with Crippen molar-refractivity contribution in [2.24, 2.45) is 16.4 Å². The third-order valence-electron chi connectivity index (χ3n) is 4.49. The van der Waals surface area contributed by atoms with Gasteiger partial charge in [-0.1, -0.05) is 13.8 Å². The van der Waals surface area contributed by atoms with Crippen molar-refractivity contribution >= 4 is 11.5 Å². The van der Waals surface area contributed by atoms with Crippen LogP contribution in [0.3, 0.4) is 0 Å². The van der Waals surface area contributed by atoms with E-state index in [0.29, 0.717) is 6.42 Å². The number of carbonyl (C=O) groups is 1. The highest BCUT2D eigenvalue weighted by atomic mass is 16.7. The van der Waals surface area contributed by atoms with Crippen LogP contribution in [0.25, 0.3) is 0 Å². The highest BCUT2D eigenvalue weighted by Crippen LogP contribution is 2.40. The van der Waals surface area contributed by atoms with E-state index in [9.17, 15) is 4.79 Å². The molecule has 110 valence electrons. The van der Waals surface area contributed by atoms with E-state index in [0.717, 1.165) is 29.2 Å². The van der Waals surface area contributed by atoms with Gasteiger partial charge in [0.2, 0.25) is 6.79 Å². The summed E-state index contributed by atoms with van der Waals surface area (Å²) in [6.45, 7) is 4.53. The van der Waals surface area contributed by atoms with Gasteiger partial charge in [0.15, 0.2) is 11.5 Å². The smallest absolute Gasteiger partial charge is 0.231 e. The first-order valence-corrected chi connectivity index (χ1v) is 7.29. The second kappa shape index (κ2) is 4.23. The van der Waals surface area contributed by atoms with Gasteiger partial charge >= 0.3 is 0 Å². The quantitative estimate of drug-likeness (QED) is 0.859. The summed E-state index contributed by atoms with van der Waals surface area (Å²) in [4.78, 5) is 12.5. The lowest BCUT2D eigenvalue weighted by atomic mass is 9.68. The standard InChI is InChI=1S/C16H18N2O3/c1-16(2)6-10-14(11(19)7-16)15(18-17-10)9-3-4-12-13(5-9)21-8-20-12/h3-5,10,14,17H,6-8H2,1-2H3/t10-,14-/m1/s1. The normalized spacial score (nSPS) is 28.9. The van der Waals surface area contributed by atoms with E-state index in [2.05, 4.69) is 24.4 Å². The Labute approximate surface area is 123 Å². The highest BCUT2D eigenvalue weighted by Gasteiger charge is 2.46. The van der Waals surface area contributed by atoms with Gasteiger partial charge in [0, 0.05) is 12.0 Å². The number of nitrogens with zero attached hydrogens (tertiary/aromatic N) is 1. The zero-order valence-corrected chi connectivity index (χ0v) is 12.2. The van der Waals surface area contributed by atoms with E-state index in [-0.39, 0.29) is 30.0 Å². The molecule has 0 saturated heterocycles. The van der Waals surface area contributed by atoms with Crippen LogP contribution in [0.5, 0.6) is 11.5 Å². The van der Waals surface area contributed by atoms with Gasteiger partial charge in [-0.25, -0.2) is 0 Å². The first kappa shape index (κ1) is 12.7. The lowest BCUT2D eigenvalue weighted by molar-refractivity contribution is -0.126. The molecule has 4 rings (SSSR count). The average Bonchev–Trinajstić information content (AvgIpc) is 3.01. The number of ether oxygens (including phenoxy) is 2. The summed E-state index contributed by atoms with van der Waals surface area (Å²) in [5.41, 5.74) is 4.97. The number of nitrogens with one attached hydrogen (secondary N) is 1. The second-order valence-corrected chi connectivity index (χ2v) is 6.79. The number of Topliss-reactive ketones (excluding diaryl/α,β-unsaturated/α-hetero) is 1. The fraction of sp³-hybridized carbons (Fsp3) is 0.500. The maximum Gasteiger partial charge on any atom is 0.231 e. The van der Waals surface area contributed by atoms with E-state index in [1.54, 1.807) is 0 Å². The third kappa shape index (κ3) is 1.99. The summed E-state index contributed by atoms with van der Waals surface area (Å²) in [6, 6.07) is 5.86.